The normalized spacial score (nSPS) is 10.6. The molecule has 17 heavy (non-hydrogen) atoms. The van der Waals surface area contributed by atoms with E-state index in [0.717, 1.165) is 5.56 Å². The van der Waals surface area contributed by atoms with Crippen LogP contribution < -0.4 is 0 Å². The zero-order valence-electron chi connectivity index (χ0n) is 8.44. The highest BCUT2D eigenvalue weighted by molar-refractivity contribution is 7.82. The second kappa shape index (κ2) is 4.27. The maximum Gasteiger partial charge on any atom is 0.279 e. The van der Waals surface area contributed by atoms with Crippen LogP contribution in [0, 0.1) is 0 Å². The largest absolute Gasteiger partial charge is 0.414 e. The lowest BCUT2D eigenvalue weighted by Gasteiger charge is -1.91. The van der Waals surface area contributed by atoms with E-state index >= 15 is 0 Å². The Balaban J connectivity index is 1.99. The van der Waals surface area contributed by atoms with Crippen LogP contribution in [0.4, 0.5) is 0 Å². The van der Waals surface area contributed by atoms with E-state index in [1.54, 1.807) is 0 Å². The van der Waals surface area contributed by atoms with Crippen molar-refractivity contribution in [1.82, 2.24) is 20.4 Å². The van der Waals surface area contributed by atoms with Gasteiger partial charge < -0.3 is 4.42 Å². The highest BCUT2D eigenvalue weighted by Gasteiger charge is 2.13. The van der Waals surface area contributed by atoms with Gasteiger partial charge in [0.15, 0.2) is 4.34 Å². The van der Waals surface area contributed by atoms with Gasteiger partial charge >= 0.3 is 0 Å². The Bertz CT molecular complexity index is 635. The molecule has 5 nitrogen and oxygen atoms in total. The van der Waals surface area contributed by atoms with Crippen LogP contribution in [0.25, 0.3) is 22.4 Å². The quantitative estimate of drug-likeness (QED) is 0.719. The number of rotatable bonds is 2. The summed E-state index contributed by atoms with van der Waals surface area (Å²) in [6.07, 6.45) is 0. The maximum absolute atomic E-state index is 5.52. The molecule has 0 aliphatic carbocycles. The van der Waals surface area contributed by atoms with Gasteiger partial charge in [-0.3, -0.25) is 0 Å². The molecule has 0 spiro atoms. The molecule has 0 atom stereocenters. The van der Waals surface area contributed by atoms with Crippen LogP contribution in [0.5, 0.6) is 0 Å². The predicted octanol–water partition coefficient (Wildman–Crippen LogP) is 2.54. The van der Waals surface area contributed by atoms with Crippen molar-refractivity contribution in [1.29, 1.82) is 0 Å². The van der Waals surface area contributed by atoms with E-state index in [1.807, 2.05) is 30.3 Å². The summed E-state index contributed by atoms with van der Waals surface area (Å²) in [5.74, 6) is 0.832. The second-order valence-electron chi connectivity index (χ2n) is 3.17. The Morgan fingerprint density at radius 1 is 0.941 bits per heavy atom. The number of hydrogen-bond donors (Lipinski definition) is 1. The fraction of sp³-hybridized carbons (Fsp3) is 0. The van der Waals surface area contributed by atoms with Crippen LogP contribution in [0.1, 0.15) is 0 Å². The van der Waals surface area contributed by atoms with Crippen molar-refractivity contribution in [3.8, 4) is 22.4 Å². The molecule has 0 aliphatic rings. The molecule has 7 heteroatoms. The minimum Gasteiger partial charge on any atom is -0.414 e. The summed E-state index contributed by atoms with van der Waals surface area (Å²) < 4.78 is 6.09. The van der Waals surface area contributed by atoms with E-state index in [1.165, 1.54) is 11.3 Å². The molecule has 84 valence electrons. The molecule has 3 aromatic rings. The Kier molecular flexibility index (Phi) is 2.62. The van der Waals surface area contributed by atoms with Gasteiger partial charge in [0.1, 0.15) is 0 Å². The van der Waals surface area contributed by atoms with Crippen molar-refractivity contribution in [3.63, 3.8) is 0 Å². The van der Waals surface area contributed by atoms with Crippen molar-refractivity contribution < 1.29 is 4.42 Å². The average molecular weight is 262 g/mol. The second-order valence-corrected chi connectivity index (χ2v) is 4.87. The van der Waals surface area contributed by atoms with E-state index in [0.29, 0.717) is 21.1 Å². The topological polar surface area (TPSA) is 64.7 Å². The van der Waals surface area contributed by atoms with Gasteiger partial charge in [-0.15, -0.1) is 33.0 Å². The van der Waals surface area contributed by atoms with Crippen LogP contribution >= 0.6 is 24.0 Å². The summed E-state index contributed by atoms with van der Waals surface area (Å²) in [5, 5.41) is 16.1. The van der Waals surface area contributed by atoms with Gasteiger partial charge in [-0.25, -0.2) is 0 Å². The van der Waals surface area contributed by atoms with Gasteiger partial charge in [0.25, 0.3) is 5.89 Å². The summed E-state index contributed by atoms with van der Waals surface area (Å²) in [7, 11) is 0. The van der Waals surface area contributed by atoms with Crippen LogP contribution in [0.15, 0.2) is 39.1 Å². The molecule has 0 amide bonds. The predicted molar refractivity (Wildman–Crippen MR) is 65.9 cm³/mol. The van der Waals surface area contributed by atoms with Gasteiger partial charge in [-0.1, -0.05) is 29.5 Å². The molecule has 2 heterocycles. The third-order valence-electron chi connectivity index (χ3n) is 2.04. The number of benzene rings is 1. The molecule has 0 radical (unpaired) electrons. The first-order valence-corrected chi connectivity index (χ1v) is 6.01. The van der Waals surface area contributed by atoms with Crippen molar-refractivity contribution in [2.24, 2.45) is 0 Å². The van der Waals surface area contributed by atoms with Gasteiger partial charge in [0, 0.05) is 5.56 Å². The van der Waals surface area contributed by atoms with E-state index < -0.39 is 0 Å². The Hall–Kier alpha value is -1.73. The molecule has 0 N–H and O–H groups in total. The summed E-state index contributed by atoms with van der Waals surface area (Å²) in [6, 6.07) is 9.56. The SMILES string of the molecule is Sc1nnc(-c2nnc(-c3ccccc3)o2)s1. The lowest BCUT2D eigenvalue weighted by atomic mass is 10.2. The highest BCUT2D eigenvalue weighted by atomic mass is 32.2. The summed E-state index contributed by atoms with van der Waals surface area (Å²) in [4.78, 5) is 0. The van der Waals surface area contributed by atoms with E-state index in [9.17, 15) is 0 Å². The van der Waals surface area contributed by atoms with Crippen LogP contribution in [0.3, 0.4) is 0 Å². The van der Waals surface area contributed by atoms with Crippen molar-refractivity contribution >= 4 is 24.0 Å². The molecule has 0 bridgehead atoms. The van der Waals surface area contributed by atoms with Gasteiger partial charge in [-0.2, -0.15) is 0 Å². The van der Waals surface area contributed by atoms with Crippen molar-refractivity contribution in [2.75, 3.05) is 0 Å². The molecule has 0 saturated heterocycles. The molecule has 0 aliphatic heterocycles. The lowest BCUT2D eigenvalue weighted by Crippen LogP contribution is -1.76. The fourth-order valence-corrected chi connectivity index (χ4v) is 2.12. The highest BCUT2D eigenvalue weighted by Crippen LogP contribution is 2.26. The minimum atomic E-state index is 0.363. The van der Waals surface area contributed by atoms with E-state index in [2.05, 4.69) is 33.0 Å². The third kappa shape index (κ3) is 2.06. The number of hydrogen-bond acceptors (Lipinski definition) is 7. The van der Waals surface area contributed by atoms with Crippen molar-refractivity contribution in [3.05, 3.63) is 30.3 Å². The minimum absolute atomic E-state index is 0.363. The molecule has 0 fully saturated rings. The fourth-order valence-electron chi connectivity index (χ4n) is 1.31. The Morgan fingerprint density at radius 3 is 2.41 bits per heavy atom. The monoisotopic (exact) mass is 262 g/mol. The van der Waals surface area contributed by atoms with Gasteiger partial charge in [-0.05, 0) is 12.1 Å². The zero-order chi connectivity index (χ0) is 11.7. The smallest absolute Gasteiger partial charge is 0.279 e. The van der Waals surface area contributed by atoms with Gasteiger partial charge in [0.2, 0.25) is 10.9 Å². The first-order chi connectivity index (χ1) is 8.33. The molecule has 0 unspecified atom stereocenters. The van der Waals surface area contributed by atoms with Crippen molar-refractivity contribution in [2.45, 2.75) is 4.34 Å². The van der Waals surface area contributed by atoms with E-state index in [4.69, 9.17) is 4.42 Å². The zero-order valence-corrected chi connectivity index (χ0v) is 10.2. The molecule has 0 saturated carbocycles. The summed E-state index contributed by atoms with van der Waals surface area (Å²) >= 11 is 5.38. The van der Waals surface area contributed by atoms with E-state index in [-0.39, 0.29) is 0 Å². The number of aromatic nitrogens is 4. The first kappa shape index (κ1) is 10.4. The Morgan fingerprint density at radius 2 is 1.71 bits per heavy atom. The third-order valence-corrected chi connectivity index (χ3v) is 3.12. The standard InChI is InChI=1S/C10H6N4OS2/c16-10-14-13-9(17-10)8-12-11-7(15-8)6-4-2-1-3-5-6/h1-5H,(H,14,16). The summed E-state index contributed by atoms with van der Waals surface area (Å²) in [5.41, 5.74) is 0.877. The Labute approximate surface area is 106 Å². The number of thiol groups is 1. The van der Waals surface area contributed by atoms with Crippen LogP contribution in [0.2, 0.25) is 0 Å². The van der Waals surface area contributed by atoms with Crippen LogP contribution in [-0.4, -0.2) is 20.4 Å². The molecule has 1 aromatic carbocycles. The van der Waals surface area contributed by atoms with Gasteiger partial charge in [0.05, 0.1) is 0 Å². The number of nitrogens with zero attached hydrogens (tertiary/aromatic N) is 4. The average Bonchev–Trinajstić information content (AvgIpc) is 2.98. The molecule has 2 aromatic heterocycles. The molecular weight excluding hydrogens is 256 g/mol. The van der Waals surface area contributed by atoms with Crippen LogP contribution in [-0.2, 0) is 0 Å². The maximum atomic E-state index is 5.52. The first-order valence-electron chi connectivity index (χ1n) is 4.75. The molecule has 3 rings (SSSR count). The summed E-state index contributed by atoms with van der Waals surface area (Å²) in [6.45, 7) is 0. The lowest BCUT2D eigenvalue weighted by molar-refractivity contribution is 0.583. The molecular formula is C10H6N4OS2.